The second kappa shape index (κ2) is 6.84. The van der Waals surface area contributed by atoms with Crippen LogP contribution in [-0.4, -0.2) is 19.0 Å². The van der Waals surface area contributed by atoms with Gasteiger partial charge in [-0.05, 0) is 48.9 Å². The van der Waals surface area contributed by atoms with E-state index in [1.54, 1.807) is 12.1 Å². The molecule has 1 fully saturated rings. The van der Waals surface area contributed by atoms with Crippen LogP contribution in [0.1, 0.15) is 39.0 Å². The van der Waals surface area contributed by atoms with Crippen LogP contribution in [-0.2, 0) is 4.79 Å². The first-order chi connectivity index (χ1) is 9.63. The predicted octanol–water partition coefficient (Wildman–Crippen LogP) is 3.32. The van der Waals surface area contributed by atoms with Crippen molar-refractivity contribution in [1.82, 2.24) is 5.32 Å². The highest BCUT2D eigenvalue weighted by atomic mass is 19.1. The molecular formula is C16H23FN2O. The van der Waals surface area contributed by atoms with Gasteiger partial charge in [-0.15, -0.1) is 0 Å². The zero-order valence-electron chi connectivity index (χ0n) is 12.0. The molecule has 0 spiro atoms. The highest BCUT2D eigenvalue weighted by Crippen LogP contribution is 2.40. The Bertz CT molecular complexity index is 438. The standard InChI is InChI=1S/C16H23FN2O/c1-2-16(9-3-4-10-16)12-18-11-15(20)19-14-7-5-13(17)6-8-14/h5-8,18H,2-4,9-12H2,1H3,(H,19,20). The minimum absolute atomic E-state index is 0.0825. The number of anilines is 1. The Morgan fingerprint density at radius 3 is 2.50 bits per heavy atom. The number of rotatable bonds is 6. The maximum Gasteiger partial charge on any atom is 0.238 e. The topological polar surface area (TPSA) is 41.1 Å². The lowest BCUT2D eigenvalue weighted by Crippen LogP contribution is -2.36. The fourth-order valence-electron chi connectivity index (χ4n) is 2.96. The summed E-state index contributed by atoms with van der Waals surface area (Å²) in [6.07, 6.45) is 6.29. The fourth-order valence-corrected chi connectivity index (χ4v) is 2.96. The summed E-state index contributed by atoms with van der Waals surface area (Å²) in [6, 6.07) is 5.82. The average molecular weight is 278 g/mol. The van der Waals surface area contributed by atoms with E-state index in [0.29, 0.717) is 17.6 Å². The molecule has 0 unspecified atom stereocenters. The second-order valence-corrected chi connectivity index (χ2v) is 5.72. The number of hydrogen-bond donors (Lipinski definition) is 2. The molecule has 20 heavy (non-hydrogen) atoms. The van der Waals surface area contributed by atoms with Crippen LogP contribution >= 0.6 is 0 Å². The van der Waals surface area contributed by atoms with Crippen molar-refractivity contribution in [2.45, 2.75) is 39.0 Å². The second-order valence-electron chi connectivity index (χ2n) is 5.72. The number of halogens is 1. The van der Waals surface area contributed by atoms with E-state index < -0.39 is 0 Å². The van der Waals surface area contributed by atoms with Crippen LogP contribution in [0.5, 0.6) is 0 Å². The molecule has 0 saturated heterocycles. The average Bonchev–Trinajstić information content (AvgIpc) is 2.91. The highest BCUT2D eigenvalue weighted by molar-refractivity contribution is 5.92. The Hall–Kier alpha value is -1.42. The Balaban J connectivity index is 1.73. The zero-order valence-corrected chi connectivity index (χ0v) is 12.0. The number of carbonyl (C=O) groups excluding carboxylic acids is 1. The monoisotopic (exact) mass is 278 g/mol. The number of nitrogens with one attached hydrogen (secondary N) is 2. The van der Waals surface area contributed by atoms with E-state index in [1.165, 1.54) is 44.2 Å². The largest absolute Gasteiger partial charge is 0.325 e. The number of hydrogen-bond acceptors (Lipinski definition) is 2. The van der Waals surface area contributed by atoms with E-state index in [9.17, 15) is 9.18 Å². The molecule has 0 atom stereocenters. The smallest absolute Gasteiger partial charge is 0.238 e. The Morgan fingerprint density at radius 1 is 1.25 bits per heavy atom. The summed E-state index contributed by atoms with van der Waals surface area (Å²) >= 11 is 0. The van der Waals surface area contributed by atoms with Gasteiger partial charge in [-0.25, -0.2) is 4.39 Å². The molecule has 1 saturated carbocycles. The summed E-state index contributed by atoms with van der Waals surface area (Å²) in [5.74, 6) is -0.381. The zero-order chi connectivity index (χ0) is 14.4. The first-order valence-electron chi connectivity index (χ1n) is 7.40. The van der Waals surface area contributed by atoms with Crippen LogP contribution < -0.4 is 10.6 Å². The van der Waals surface area contributed by atoms with Crippen molar-refractivity contribution in [2.24, 2.45) is 5.41 Å². The molecule has 0 aromatic heterocycles. The van der Waals surface area contributed by atoms with Gasteiger partial charge >= 0.3 is 0 Å². The molecule has 0 aliphatic heterocycles. The van der Waals surface area contributed by atoms with Crippen LogP contribution in [0.25, 0.3) is 0 Å². The predicted molar refractivity (Wildman–Crippen MR) is 79.1 cm³/mol. The quantitative estimate of drug-likeness (QED) is 0.838. The van der Waals surface area contributed by atoms with Crippen molar-refractivity contribution in [3.63, 3.8) is 0 Å². The molecule has 0 bridgehead atoms. The maximum atomic E-state index is 12.8. The minimum Gasteiger partial charge on any atom is -0.325 e. The van der Waals surface area contributed by atoms with Crippen molar-refractivity contribution in [2.75, 3.05) is 18.4 Å². The minimum atomic E-state index is -0.299. The summed E-state index contributed by atoms with van der Waals surface area (Å²) in [6.45, 7) is 3.44. The molecule has 3 nitrogen and oxygen atoms in total. The SMILES string of the molecule is CCC1(CNCC(=O)Nc2ccc(F)cc2)CCCC1. The van der Waals surface area contributed by atoms with Gasteiger partial charge in [0.25, 0.3) is 0 Å². The Labute approximate surface area is 120 Å². The van der Waals surface area contributed by atoms with Crippen LogP contribution in [0.4, 0.5) is 10.1 Å². The summed E-state index contributed by atoms with van der Waals surface area (Å²) < 4.78 is 12.8. The lowest BCUT2D eigenvalue weighted by atomic mass is 9.83. The molecule has 2 N–H and O–H groups in total. The molecular weight excluding hydrogens is 255 g/mol. The first-order valence-corrected chi connectivity index (χ1v) is 7.40. The van der Waals surface area contributed by atoms with Crippen LogP contribution in [0.3, 0.4) is 0 Å². The van der Waals surface area contributed by atoms with Gasteiger partial charge in [-0.2, -0.15) is 0 Å². The molecule has 110 valence electrons. The van der Waals surface area contributed by atoms with Gasteiger partial charge in [0, 0.05) is 12.2 Å². The third kappa shape index (κ3) is 4.04. The number of carbonyl (C=O) groups is 1. The van der Waals surface area contributed by atoms with Gasteiger partial charge in [-0.1, -0.05) is 19.8 Å². The summed E-state index contributed by atoms with van der Waals surface area (Å²) in [5.41, 5.74) is 1.01. The van der Waals surface area contributed by atoms with Crippen LogP contribution in [0.15, 0.2) is 24.3 Å². The first kappa shape index (κ1) is 15.0. The summed E-state index contributed by atoms with van der Waals surface area (Å²) in [5, 5.41) is 6.02. The lowest BCUT2D eigenvalue weighted by molar-refractivity contribution is -0.115. The van der Waals surface area contributed by atoms with E-state index in [4.69, 9.17) is 0 Å². The molecule has 1 aliphatic carbocycles. The van der Waals surface area contributed by atoms with Gasteiger partial charge in [0.05, 0.1) is 6.54 Å². The van der Waals surface area contributed by atoms with Gasteiger partial charge in [-0.3, -0.25) is 4.79 Å². The van der Waals surface area contributed by atoms with Crippen LogP contribution in [0, 0.1) is 11.2 Å². The lowest BCUT2D eigenvalue weighted by Gasteiger charge is -2.27. The summed E-state index contributed by atoms with van der Waals surface area (Å²) in [7, 11) is 0. The van der Waals surface area contributed by atoms with E-state index >= 15 is 0 Å². The van der Waals surface area contributed by atoms with Crippen molar-refractivity contribution >= 4 is 11.6 Å². The maximum absolute atomic E-state index is 12.8. The Kier molecular flexibility index (Phi) is 5.12. The normalized spacial score (nSPS) is 17.1. The number of amides is 1. The third-order valence-corrected chi connectivity index (χ3v) is 4.33. The van der Waals surface area contributed by atoms with Gasteiger partial charge in [0.15, 0.2) is 0 Å². The Morgan fingerprint density at radius 2 is 1.90 bits per heavy atom. The molecule has 1 aromatic carbocycles. The van der Waals surface area contributed by atoms with E-state index in [-0.39, 0.29) is 11.7 Å². The number of benzene rings is 1. The molecule has 1 amide bonds. The summed E-state index contributed by atoms with van der Waals surface area (Å²) in [4.78, 5) is 11.8. The molecule has 0 heterocycles. The molecule has 4 heteroatoms. The van der Waals surface area contributed by atoms with Crippen molar-refractivity contribution < 1.29 is 9.18 Å². The van der Waals surface area contributed by atoms with E-state index in [2.05, 4.69) is 17.6 Å². The van der Waals surface area contributed by atoms with Gasteiger partial charge in [0.1, 0.15) is 5.82 Å². The van der Waals surface area contributed by atoms with Gasteiger partial charge in [0.2, 0.25) is 5.91 Å². The van der Waals surface area contributed by atoms with E-state index in [1.807, 2.05) is 0 Å². The van der Waals surface area contributed by atoms with Crippen LogP contribution in [0.2, 0.25) is 0 Å². The highest BCUT2D eigenvalue weighted by Gasteiger charge is 2.31. The molecule has 1 aliphatic rings. The molecule has 2 rings (SSSR count). The van der Waals surface area contributed by atoms with Gasteiger partial charge < -0.3 is 10.6 Å². The molecule has 1 aromatic rings. The van der Waals surface area contributed by atoms with Crippen molar-refractivity contribution in [3.05, 3.63) is 30.1 Å². The molecule has 0 radical (unpaired) electrons. The van der Waals surface area contributed by atoms with Crippen molar-refractivity contribution in [3.8, 4) is 0 Å². The third-order valence-electron chi connectivity index (χ3n) is 4.33. The fraction of sp³-hybridized carbons (Fsp3) is 0.562. The van der Waals surface area contributed by atoms with Crippen molar-refractivity contribution in [1.29, 1.82) is 0 Å². The van der Waals surface area contributed by atoms with E-state index in [0.717, 1.165) is 6.54 Å².